The Morgan fingerprint density at radius 2 is 1.54 bits per heavy atom. The third-order valence-corrected chi connectivity index (χ3v) is 4.49. The van der Waals surface area contributed by atoms with E-state index >= 15 is 0 Å². The van der Waals surface area contributed by atoms with Gasteiger partial charge >= 0.3 is 0 Å². The van der Waals surface area contributed by atoms with Crippen LogP contribution in [0.2, 0.25) is 0 Å². The van der Waals surface area contributed by atoms with E-state index in [1.807, 2.05) is 0 Å². The summed E-state index contributed by atoms with van der Waals surface area (Å²) in [6.07, 6.45) is 0.370. The molecule has 2 N–H and O–H groups in total. The molecule has 1 rings (SSSR count). The number of hydrogen-bond acceptors (Lipinski definition) is 2. The highest BCUT2D eigenvalue weighted by molar-refractivity contribution is 8.04. The first-order chi connectivity index (χ1) is 11.3. The van der Waals surface area contributed by atoms with Crippen LogP contribution in [0.15, 0.2) is 0 Å². The SMILES string of the molecule is [B][B]B([B])B(B(B([B])[B])B([B])[B])C(=O)NCNC(=O)C1CCCC1. The van der Waals surface area contributed by atoms with Gasteiger partial charge in [-0.15, -0.1) is 0 Å². The maximum atomic E-state index is 12.5. The van der Waals surface area contributed by atoms with Crippen molar-refractivity contribution < 1.29 is 9.59 Å². The molecule has 0 saturated heterocycles. The Balaban J connectivity index is 2.62. The van der Waals surface area contributed by atoms with Gasteiger partial charge in [0.25, 0.3) is 0 Å². The molecule has 0 aromatic carbocycles. The van der Waals surface area contributed by atoms with E-state index in [2.05, 4.69) is 10.6 Å². The summed E-state index contributed by atoms with van der Waals surface area (Å²) in [4.78, 5) is 24.4. The molecule has 0 spiro atoms. The van der Waals surface area contributed by atoms with Crippen LogP contribution >= 0.6 is 0 Å². The van der Waals surface area contributed by atoms with Crippen LogP contribution in [0, 0.1) is 5.92 Å². The van der Waals surface area contributed by atoms with Gasteiger partial charge in [0.1, 0.15) is 0 Å². The van der Waals surface area contributed by atoms with Gasteiger partial charge in [-0.2, -0.15) is 0 Å². The van der Waals surface area contributed by atoms with E-state index in [0.29, 0.717) is 0 Å². The zero-order chi connectivity index (χ0) is 18.3. The first-order valence-corrected chi connectivity index (χ1v) is 8.18. The summed E-state index contributed by atoms with van der Waals surface area (Å²) in [7, 11) is 35.2. The Morgan fingerprint density at radius 3 is 2.00 bits per heavy atom. The molecular formula is C8H13B12N2O2. The van der Waals surface area contributed by atoms with Crippen molar-refractivity contribution in [1.29, 1.82) is 0 Å². The van der Waals surface area contributed by atoms with Crippen LogP contribution in [0.5, 0.6) is 0 Å². The number of nitrogens with one attached hydrogen (secondary N) is 2. The Bertz CT molecular complexity index is 412. The lowest BCUT2D eigenvalue weighted by Gasteiger charge is -2.31. The van der Waals surface area contributed by atoms with Crippen molar-refractivity contribution >= 4 is 97.2 Å². The van der Waals surface area contributed by atoms with E-state index in [4.69, 9.17) is 46.4 Å². The highest BCUT2D eigenvalue weighted by atomic mass is 16.2. The zero-order valence-electron chi connectivity index (χ0n) is 13.9. The minimum Gasteiger partial charge on any atom is -0.349 e. The minimum absolute atomic E-state index is 0.0139. The van der Waals surface area contributed by atoms with Crippen molar-refractivity contribution in [3.63, 3.8) is 0 Å². The average molecular weight is 299 g/mol. The molecule has 2 amide bonds. The molecule has 13 radical (unpaired) electrons. The molecule has 0 aromatic heterocycles. The highest BCUT2D eigenvalue weighted by Crippen LogP contribution is 2.24. The maximum Gasteiger partial charge on any atom is 0.224 e. The molecule has 0 unspecified atom stereocenters. The van der Waals surface area contributed by atoms with Crippen molar-refractivity contribution in [2.24, 2.45) is 5.92 Å². The second kappa shape index (κ2) is 10.7. The fraction of sp³-hybridized carbons (Fsp3) is 0.750. The molecule has 4 nitrogen and oxygen atoms in total. The van der Waals surface area contributed by atoms with Gasteiger partial charge < -0.3 is 10.6 Å². The Labute approximate surface area is 156 Å². The molecule has 103 valence electrons. The van der Waals surface area contributed by atoms with Gasteiger partial charge in [0.05, 0.1) is 6.67 Å². The largest absolute Gasteiger partial charge is 0.349 e. The molecule has 1 fully saturated rings. The van der Waals surface area contributed by atoms with Crippen molar-refractivity contribution in [3.05, 3.63) is 0 Å². The standard InChI is InChI=1S/C8H13B12N2O2/c9-15-19(14)16(20(17(10)11)18(12)13)8(24)22-5-21-7(23)6-3-1-2-4-6/h6H,1-5H2,(H,21,23)(H,22,24). The van der Waals surface area contributed by atoms with Crippen molar-refractivity contribution in [1.82, 2.24) is 10.6 Å². The summed E-state index contributed by atoms with van der Waals surface area (Å²) in [6, 6.07) is 0. The minimum atomic E-state index is -0.945. The Kier molecular flexibility index (Phi) is 9.66. The van der Waals surface area contributed by atoms with Crippen LogP contribution in [0.4, 0.5) is 4.79 Å². The lowest BCUT2D eigenvalue weighted by atomic mass is 8.54. The topological polar surface area (TPSA) is 58.2 Å². The van der Waals surface area contributed by atoms with Crippen LogP contribution in [-0.4, -0.2) is 104 Å². The molecule has 1 aliphatic rings. The number of carbonyl (C=O) groups excluding carboxylic acids is 2. The smallest absolute Gasteiger partial charge is 0.224 e. The van der Waals surface area contributed by atoms with Gasteiger partial charge in [-0.1, -0.05) is 12.8 Å². The Morgan fingerprint density at radius 1 is 1.00 bits per heavy atom. The molecule has 0 atom stereocenters. The summed E-state index contributed by atoms with van der Waals surface area (Å²) in [5.41, 5.74) is 0. The third kappa shape index (κ3) is 6.22. The van der Waals surface area contributed by atoms with Crippen LogP contribution in [0.1, 0.15) is 25.7 Å². The molecule has 1 aliphatic carbocycles. The van der Waals surface area contributed by atoms with E-state index in [0.717, 1.165) is 25.7 Å². The third-order valence-electron chi connectivity index (χ3n) is 4.49. The molecule has 1 saturated carbocycles. The van der Waals surface area contributed by atoms with Crippen molar-refractivity contribution in [2.75, 3.05) is 6.67 Å². The van der Waals surface area contributed by atoms with Gasteiger partial charge in [-0.3, -0.25) is 9.59 Å². The second-order valence-electron chi connectivity index (χ2n) is 6.27. The number of hydrogen-bond donors (Lipinski definition) is 2. The molecule has 0 heterocycles. The Hall–Kier alpha value is -0.281. The summed E-state index contributed by atoms with van der Waals surface area (Å²) in [6.45, 7) is -0.924. The predicted molar refractivity (Wildman–Crippen MR) is 113 cm³/mol. The van der Waals surface area contributed by atoms with Gasteiger partial charge in [0, 0.05) is 84.9 Å². The number of rotatable bonds is 9. The quantitative estimate of drug-likeness (QED) is 0.336. The predicted octanol–water partition coefficient (Wildman–Crippen LogP) is -4.06. The zero-order valence-corrected chi connectivity index (χ0v) is 13.9. The molecule has 0 aliphatic heterocycles. The van der Waals surface area contributed by atoms with E-state index in [1.165, 1.54) is 7.06 Å². The second-order valence-corrected chi connectivity index (χ2v) is 6.27. The van der Waals surface area contributed by atoms with Crippen LogP contribution in [0.3, 0.4) is 0 Å². The van der Waals surface area contributed by atoms with E-state index in [-0.39, 0.29) is 18.5 Å². The van der Waals surface area contributed by atoms with Crippen LogP contribution in [0.25, 0.3) is 0 Å². The summed E-state index contributed by atoms with van der Waals surface area (Å²) in [5.74, 6) is -0.524. The lowest BCUT2D eigenvalue weighted by Crippen LogP contribution is -2.72. The summed E-state index contributed by atoms with van der Waals surface area (Å²) < 4.78 is 0. The first-order valence-electron chi connectivity index (χ1n) is 8.18. The normalized spacial score (nSPS) is 13.7. The number of carbonyl (C=O) groups is 2. The van der Waals surface area contributed by atoms with E-state index in [1.54, 1.807) is 0 Å². The number of amides is 2. The monoisotopic (exact) mass is 301 g/mol. The molecule has 24 heavy (non-hydrogen) atoms. The molecule has 0 aromatic rings. The van der Waals surface area contributed by atoms with E-state index in [9.17, 15) is 9.59 Å². The summed E-state index contributed by atoms with van der Waals surface area (Å²) >= 11 is 0. The van der Waals surface area contributed by atoms with E-state index < -0.39 is 37.8 Å². The molecule has 0 bridgehead atoms. The van der Waals surface area contributed by atoms with Crippen LogP contribution < -0.4 is 10.6 Å². The first kappa shape index (κ1) is 21.8. The van der Waals surface area contributed by atoms with Gasteiger partial charge in [-0.25, -0.2) is 0 Å². The van der Waals surface area contributed by atoms with Crippen molar-refractivity contribution in [2.45, 2.75) is 25.7 Å². The fourth-order valence-electron chi connectivity index (χ4n) is 3.13. The highest BCUT2D eigenvalue weighted by Gasteiger charge is 2.40. The fourth-order valence-corrected chi connectivity index (χ4v) is 3.13. The maximum absolute atomic E-state index is 12.5. The van der Waals surface area contributed by atoms with Crippen molar-refractivity contribution in [3.8, 4) is 0 Å². The molecule has 16 heteroatoms. The van der Waals surface area contributed by atoms with Gasteiger partial charge in [-0.05, 0) is 12.8 Å². The van der Waals surface area contributed by atoms with Gasteiger partial charge in [0.15, 0.2) is 12.3 Å². The van der Waals surface area contributed by atoms with Crippen LogP contribution in [-0.2, 0) is 4.79 Å². The summed E-state index contributed by atoms with van der Waals surface area (Å²) in [5, 5.41) is 5.28. The average Bonchev–Trinajstić information content (AvgIpc) is 3.05. The van der Waals surface area contributed by atoms with Gasteiger partial charge in [0.2, 0.25) is 5.91 Å². The molecular weight excluding hydrogens is 286 g/mol. The lowest BCUT2D eigenvalue weighted by molar-refractivity contribution is -0.124.